The summed E-state index contributed by atoms with van der Waals surface area (Å²) in [5, 5.41) is 0.564. The van der Waals surface area contributed by atoms with Crippen LogP contribution in [0.15, 0.2) is 18.5 Å². The van der Waals surface area contributed by atoms with Crippen LogP contribution >= 0.6 is 0 Å². The number of rotatable bonds is 3. The molecule has 0 amide bonds. The van der Waals surface area contributed by atoms with Crippen molar-refractivity contribution in [2.24, 2.45) is 0 Å². The molecule has 0 N–H and O–H groups in total. The van der Waals surface area contributed by atoms with E-state index in [2.05, 4.69) is 19.8 Å². The number of hydrogen-bond donors (Lipinski definition) is 0. The third kappa shape index (κ3) is 3.43. The Morgan fingerprint density at radius 2 is 2.00 bits per heavy atom. The summed E-state index contributed by atoms with van der Waals surface area (Å²) in [5.74, 6) is -1.10. The lowest BCUT2D eigenvalue weighted by Gasteiger charge is -2.25. The number of fused-ring (bicyclic) bond motifs is 1. The Bertz CT molecular complexity index is 751. The lowest BCUT2D eigenvalue weighted by Crippen LogP contribution is -2.36. The monoisotopic (exact) mass is 348 g/mol. The molecule has 1 aromatic carbocycles. The fraction of sp³-hybridized carbons (Fsp3) is 0.556. The van der Waals surface area contributed by atoms with Crippen molar-refractivity contribution in [1.29, 1.82) is 0 Å². The number of nitrogens with zero attached hydrogens (tertiary/aromatic N) is 4. The van der Waals surface area contributed by atoms with Crippen molar-refractivity contribution in [1.82, 2.24) is 14.9 Å². The Kier molecular flexibility index (Phi) is 4.76. The molecule has 1 aromatic heterocycles. The zero-order chi connectivity index (χ0) is 17.2. The van der Waals surface area contributed by atoms with Gasteiger partial charge in [-0.3, -0.25) is 4.90 Å². The topological polar surface area (TPSA) is 41.5 Å². The van der Waals surface area contributed by atoms with Gasteiger partial charge in [-0.2, -0.15) is 0 Å². The molecular formula is C18H22F2N4O. The van der Waals surface area contributed by atoms with Crippen LogP contribution in [0.3, 0.4) is 0 Å². The average Bonchev–Trinajstić information content (AvgIpc) is 3.02. The summed E-state index contributed by atoms with van der Waals surface area (Å²) in [4.78, 5) is 12.9. The van der Waals surface area contributed by atoms with Gasteiger partial charge in [-0.05, 0) is 37.9 Å². The zero-order valence-electron chi connectivity index (χ0n) is 14.1. The molecular weight excluding hydrogens is 326 g/mol. The van der Waals surface area contributed by atoms with E-state index in [1.54, 1.807) is 6.07 Å². The normalized spacial score (nSPS) is 22.5. The summed E-state index contributed by atoms with van der Waals surface area (Å²) in [6.07, 6.45) is 4.96. The molecule has 2 aliphatic heterocycles. The molecule has 1 atom stereocenters. The van der Waals surface area contributed by atoms with Gasteiger partial charge < -0.3 is 9.64 Å². The first-order valence-electron chi connectivity index (χ1n) is 8.90. The average molecular weight is 348 g/mol. The van der Waals surface area contributed by atoms with Crippen molar-refractivity contribution < 1.29 is 13.5 Å². The Morgan fingerprint density at radius 1 is 1.08 bits per heavy atom. The second-order valence-electron chi connectivity index (χ2n) is 6.73. The van der Waals surface area contributed by atoms with E-state index in [4.69, 9.17) is 4.74 Å². The molecule has 2 fully saturated rings. The summed E-state index contributed by atoms with van der Waals surface area (Å²) < 4.78 is 33.2. The van der Waals surface area contributed by atoms with Crippen molar-refractivity contribution >= 4 is 16.7 Å². The van der Waals surface area contributed by atoms with Gasteiger partial charge in [0.15, 0.2) is 11.6 Å². The van der Waals surface area contributed by atoms with Gasteiger partial charge in [-0.15, -0.1) is 0 Å². The summed E-state index contributed by atoms with van der Waals surface area (Å²) in [6.45, 7) is 5.42. The lowest BCUT2D eigenvalue weighted by molar-refractivity contribution is 0.0754. The van der Waals surface area contributed by atoms with Gasteiger partial charge >= 0.3 is 0 Å². The fourth-order valence-electron chi connectivity index (χ4n) is 3.75. The molecule has 0 bridgehead atoms. The molecule has 25 heavy (non-hydrogen) atoms. The van der Waals surface area contributed by atoms with Gasteiger partial charge in [0.2, 0.25) is 0 Å². The van der Waals surface area contributed by atoms with Crippen LogP contribution in [0.4, 0.5) is 14.6 Å². The first kappa shape index (κ1) is 16.6. The molecule has 134 valence electrons. The minimum absolute atomic E-state index is 0.0467. The molecule has 2 aliphatic rings. The second-order valence-corrected chi connectivity index (χ2v) is 6.73. The van der Waals surface area contributed by atoms with E-state index in [-0.39, 0.29) is 5.52 Å². The molecule has 0 saturated carbocycles. The highest BCUT2D eigenvalue weighted by Gasteiger charge is 2.23. The van der Waals surface area contributed by atoms with E-state index in [0.29, 0.717) is 17.3 Å². The third-order valence-corrected chi connectivity index (χ3v) is 5.05. The predicted molar refractivity (Wildman–Crippen MR) is 91.7 cm³/mol. The number of halogens is 2. The van der Waals surface area contributed by atoms with E-state index in [1.165, 1.54) is 6.33 Å². The van der Waals surface area contributed by atoms with Gasteiger partial charge in [-0.1, -0.05) is 0 Å². The van der Waals surface area contributed by atoms with Crippen LogP contribution in [0.25, 0.3) is 10.9 Å². The molecule has 4 rings (SSSR count). The van der Waals surface area contributed by atoms with Crippen molar-refractivity contribution in [3.8, 4) is 0 Å². The molecule has 5 nitrogen and oxygen atoms in total. The largest absolute Gasteiger partial charge is 0.377 e. The highest BCUT2D eigenvalue weighted by Crippen LogP contribution is 2.27. The quantitative estimate of drug-likeness (QED) is 0.853. The van der Waals surface area contributed by atoms with E-state index < -0.39 is 11.6 Å². The van der Waals surface area contributed by atoms with Gasteiger partial charge in [0, 0.05) is 38.2 Å². The van der Waals surface area contributed by atoms with Crippen LogP contribution in [-0.4, -0.2) is 60.3 Å². The summed E-state index contributed by atoms with van der Waals surface area (Å²) in [7, 11) is 0. The summed E-state index contributed by atoms with van der Waals surface area (Å²) in [6, 6.07) is 2.71. The SMILES string of the molecule is Fc1ccc2c(N3CCCN(CC4CCCO4)CC3)ncnc2c1F. The Labute approximate surface area is 145 Å². The Hall–Kier alpha value is -1.86. The van der Waals surface area contributed by atoms with Crippen LogP contribution < -0.4 is 4.90 Å². The molecule has 7 heteroatoms. The number of hydrogen-bond acceptors (Lipinski definition) is 5. The van der Waals surface area contributed by atoms with E-state index in [1.807, 2.05) is 0 Å². The molecule has 1 unspecified atom stereocenters. The molecule has 0 aliphatic carbocycles. The maximum Gasteiger partial charge on any atom is 0.185 e. The van der Waals surface area contributed by atoms with Crippen LogP contribution in [-0.2, 0) is 4.74 Å². The van der Waals surface area contributed by atoms with Crippen LogP contribution in [0, 0.1) is 11.6 Å². The molecule has 3 heterocycles. The van der Waals surface area contributed by atoms with Crippen molar-refractivity contribution in [3.63, 3.8) is 0 Å². The number of benzene rings is 1. The first-order chi connectivity index (χ1) is 12.2. The maximum absolute atomic E-state index is 14.0. The van der Waals surface area contributed by atoms with Crippen LogP contribution in [0.2, 0.25) is 0 Å². The smallest absolute Gasteiger partial charge is 0.185 e. The minimum Gasteiger partial charge on any atom is -0.377 e. The Morgan fingerprint density at radius 3 is 2.84 bits per heavy atom. The molecule has 2 aromatic rings. The van der Waals surface area contributed by atoms with E-state index >= 15 is 0 Å². The van der Waals surface area contributed by atoms with Gasteiger partial charge in [-0.25, -0.2) is 18.7 Å². The van der Waals surface area contributed by atoms with E-state index in [0.717, 1.165) is 64.7 Å². The highest BCUT2D eigenvalue weighted by atomic mass is 19.2. The lowest BCUT2D eigenvalue weighted by atomic mass is 10.2. The molecule has 0 spiro atoms. The van der Waals surface area contributed by atoms with Gasteiger partial charge in [0.05, 0.1) is 6.10 Å². The van der Waals surface area contributed by atoms with Gasteiger partial charge in [0.25, 0.3) is 0 Å². The third-order valence-electron chi connectivity index (χ3n) is 5.05. The van der Waals surface area contributed by atoms with E-state index in [9.17, 15) is 8.78 Å². The predicted octanol–water partition coefficient (Wildman–Crippen LogP) is 2.60. The number of ether oxygens (including phenoxy) is 1. The Balaban J connectivity index is 1.52. The zero-order valence-corrected chi connectivity index (χ0v) is 14.1. The van der Waals surface area contributed by atoms with Crippen molar-refractivity contribution in [3.05, 3.63) is 30.1 Å². The summed E-state index contributed by atoms with van der Waals surface area (Å²) >= 11 is 0. The van der Waals surface area contributed by atoms with Crippen molar-refractivity contribution in [2.75, 3.05) is 44.2 Å². The highest BCUT2D eigenvalue weighted by molar-refractivity contribution is 5.89. The minimum atomic E-state index is -0.906. The first-order valence-corrected chi connectivity index (χ1v) is 8.90. The number of anilines is 1. The van der Waals surface area contributed by atoms with Gasteiger partial charge in [0.1, 0.15) is 17.7 Å². The van der Waals surface area contributed by atoms with Crippen molar-refractivity contribution in [2.45, 2.75) is 25.4 Å². The van der Waals surface area contributed by atoms with Crippen LogP contribution in [0.1, 0.15) is 19.3 Å². The standard InChI is InChI=1S/C18H22F2N4O/c19-15-5-4-14-17(16(15)20)21-12-22-18(14)24-7-2-6-23(8-9-24)11-13-3-1-10-25-13/h4-5,12-13H,1-3,6-11H2. The second kappa shape index (κ2) is 7.17. The molecule has 2 saturated heterocycles. The summed E-state index contributed by atoms with van der Waals surface area (Å²) in [5.41, 5.74) is 0.0467. The fourth-order valence-corrected chi connectivity index (χ4v) is 3.75. The maximum atomic E-state index is 14.0. The number of aromatic nitrogens is 2. The van der Waals surface area contributed by atoms with Crippen LogP contribution in [0.5, 0.6) is 0 Å². The molecule has 0 radical (unpaired) electrons.